The van der Waals surface area contributed by atoms with E-state index in [2.05, 4.69) is 13.8 Å². The van der Waals surface area contributed by atoms with Gasteiger partial charge in [0.25, 0.3) is 0 Å². The fourth-order valence-electron chi connectivity index (χ4n) is 1.39. The van der Waals surface area contributed by atoms with Crippen LogP contribution in [0.1, 0.15) is 39.5 Å². The number of hydrogen-bond donors (Lipinski definition) is 0. The van der Waals surface area contributed by atoms with E-state index in [0.29, 0.717) is 12.0 Å². The first kappa shape index (κ1) is 11.0. The van der Waals surface area contributed by atoms with Gasteiger partial charge in [-0.15, -0.1) is 0 Å². The lowest BCUT2D eigenvalue weighted by Crippen LogP contribution is -2.09. The summed E-state index contributed by atoms with van der Waals surface area (Å²) in [6.45, 7) is 7.13. The molecule has 0 saturated carbocycles. The molecule has 1 aliphatic rings. The largest absolute Gasteiger partial charge is 0.378 e. The molecule has 0 aromatic heterocycles. The summed E-state index contributed by atoms with van der Waals surface area (Å²) in [4.78, 5) is 0. The summed E-state index contributed by atoms with van der Waals surface area (Å²) >= 11 is 0. The van der Waals surface area contributed by atoms with Gasteiger partial charge in [0, 0.05) is 6.61 Å². The second-order valence-corrected chi connectivity index (χ2v) is 4.09. The summed E-state index contributed by atoms with van der Waals surface area (Å²) in [7, 11) is 0. The van der Waals surface area contributed by atoms with Crippen LogP contribution in [0, 0.1) is 5.92 Å². The average molecular weight is 186 g/mol. The van der Waals surface area contributed by atoms with Crippen LogP contribution >= 0.6 is 0 Å². The van der Waals surface area contributed by atoms with Crippen molar-refractivity contribution in [1.29, 1.82) is 0 Å². The van der Waals surface area contributed by atoms with Crippen LogP contribution in [0.3, 0.4) is 0 Å². The quantitative estimate of drug-likeness (QED) is 0.429. The fraction of sp³-hybridized carbons (Fsp3) is 1.00. The molecular formula is C11H22O2. The molecule has 1 rings (SSSR count). The van der Waals surface area contributed by atoms with Crippen molar-refractivity contribution >= 4 is 0 Å². The molecule has 0 amide bonds. The van der Waals surface area contributed by atoms with Crippen LogP contribution in [0.4, 0.5) is 0 Å². The summed E-state index contributed by atoms with van der Waals surface area (Å²) in [5.74, 6) is 0.713. The summed E-state index contributed by atoms with van der Waals surface area (Å²) < 4.78 is 10.6. The van der Waals surface area contributed by atoms with E-state index in [1.54, 1.807) is 0 Å². The Bertz CT molecular complexity index is 121. The third-order valence-electron chi connectivity index (χ3n) is 2.41. The molecule has 0 aromatic carbocycles. The first-order valence-corrected chi connectivity index (χ1v) is 5.52. The van der Waals surface area contributed by atoms with Crippen LogP contribution in [0.15, 0.2) is 0 Å². The minimum absolute atomic E-state index is 0.419. The van der Waals surface area contributed by atoms with E-state index in [4.69, 9.17) is 9.47 Å². The molecule has 0 bridgehead atoms. The molecule has 2 atom stereocenters. The summed E-state index contributed by atoms with van der Waals surface area (Å²) in [6, 6.07) is 0. The Morgan fingerprint density at radius 3 is 2.85 bits per heavy atom. The topological polar surface area (TPSA) is 21.8 Å². The Morgan fingerprint density at radius 2 is 2.23 bits per heavy atom. The van der Waals surface area contributed by atoms with Gasteiger partial charge in [0.15, 0.2) is 0 Å². The van der Waals surface area contributed by atoms with Gasteiger partial charge in [0.05, 0.1) is 13.2 Å². The van der Waals surface area contributed by atoms with Gasteiger partial charge in [-0.3, -0.25) is 0 Å². The highest BCUT2D eigenvalue weighted by Gasteiger charge is 2.22. The maximum atomic E-state index is 5.53. The molecule has 0 N–H and O–H groups in total. The summed E-state index contributed by atoms with van der Waals surface area (Å²) in [5.41, 5.74) is 0. The normalized spacial score (nSPS) is 23.1. The molecule has 2 unspecified atom stereocenters. The van der Waals surface area contributed by atoms with Crippen LogP contribution in [-0.4, -0.2) is 25.9 Å². The maximum absolute atomic E-state index is 5.53. The number of hydrogen-bond acceptors (Lipinski definition) is 2. The van der Waals surface area contributed by atoms with Crippen LogP contribution in [0.5, 0.6) is 0 Å². The molecule has 0 aliphatic carbocycles. The Labute approximate surface area is 81.6 Å². The Hall–Kier alpha value is -0.0800. The molecule has 0 radical (unpaired) electrons. The predicted molar refractivity (Wildman–Crippen MR) is 53.9 cm³/mol. The number of ether oxygens (including phenoxy) is 2. The summed E-state index contributed by atoms with van der Waals surface area (Å²) in [5, 5.41) is 0. The highest BCUT2D eigenvalue weighted by atomic mass is 16.6. The van der Waals surface area contributed by atoms with E-state index in [9.17, 15) is 0 Å². The van der Waals surface area contributed by atoms with E-state index < -0.39 is 0 Å². The predicted octanol–water partition coefficient (Wildman–Crippen LogP) is 2.62. The molecule has 13 heavy (non-hydrogen) atoms. The standard InChI is InChI=1S/C11H22O2/c1-3-4-5-6-10(2)7-12-8-11-9-13-11/h10-11H,3-9H2,1-2H3. The second-order valence-electron chi connectivity index (χ2n) is 4.09. The van der Waals surface area contributed by atoms with Crippen molar-refractivity contribution in [3.8, 4) is 0 Å². The van der Waals surface area contributed by atoms with Crippen molar-refractivity contribution in [3.63, 3.8) is 0 Å². The van der Waals surface area contributed by atoms with Gasteiger partial charge in [0.2, 0.25) is 0 Å². The van der Waals surface area contributed by atoms with Crippen LogP contribution in [0.25, 0.3) is 0 Å². The van der Waals surface area contributed by atoms with Crippen LogP contribution in [-0.2, 0) is 9.47 Å². The Morgan fingerprint density at radius 1 is 1.46 bits per heavy atom. The smallest absolute Gasteiger partial charge is 0.104 e. The van der Waals surface area contributed by atoms with Crippen molar-refractivity contribution in [3.05, 3.63) is 0 Å². The van der Waals surface area contributed by atoms with E-state index in [0.717, 1.165) is 19.8 Å². The number of epoxide rings is 1. The monoisotopic (exact) mass is 186 g/mol. The van der Waals surface area contributed by atoms with E-state index in [1.807, 2.05) is 0 Å². The molecule has 78 valence electrons. The van der Waals surface area contributed by atoms with Gasteiger partial charge in [-0.1, -0.05) is 33.1 Å². The lowest BCUT2D eigenvalue weighted by atomic mass is 10.0. The maximum Gasteiger partial charge on any atom is 0.104 e. The lowest BCUT2D eigenvalue weighted by molar-refractivity contribution is 0.0876. The Kier molecular flexibility index (Phi) is 5.40. The first-order chi connectivity index (χ1) is 6.33. The van der Waals surface area contributed by atoms with Crippen LogP contribution in [0.2, 0.25) is 0 Å². The molecule has 1 saturated heterocycles. The molecule has 0 spiro atoms. The van der Waals surface area contributed by atoms with Gasteiger partial charge in [-0.2, -0.15) is 0 Å². The molecule has 2 nitrogen and oxygen atoms in total. The Balaban J connectivity index is 1.81. The van der Waals surface area contributed by atoms with Crippen molar-refractivity contribution in [2.45, 2.75) is 45.6 Å². The summed E-state index contributed by atoms with van der Waals surface area (Å²) in [6.07, 6.45) is 5.74. The number of rotatable bonds is 8. The van der Waals surface area contributed by atoms with Crippen molar-refractivity contribution < 1.29 is 9.47 Å². The van der Waals surface area contributed by atoms with Gasteiger partial charge in [-0.05, 0) is 12.3 Å². The first-order valence-electron chi connectivity index (χ1n) is 5.52. The molecular weight excluding hydrogens is 164 g/mol. The van der Waals surface area contributed by atoms with Gasteiger partial charge in [-0.25, -0.2) is 0 Å². The van der Waals surface area contributed by atoms with E-state index in [-0.39, 0.29) is 0 Å². The molecule has 0 aromatic rings. The van der Waals surface area contributed by atoms with E-state index >= 15 is 0 Å². The second kappa shape index (κ2) is 6.39. The highest BCUT2D eigenvalue weighted by Crippen LogP contribution is 2.12. The zero-order valence-corrected chi connectivity index (χ0v) is 8.92. The van der Waals surface area contributed by atoms with Crippen LogP contribution < -0.4 is 0 Å². The van der Waals surface area contributed by atoms with E-state index in [1.165, 1.54) is 25.7 Å². The third kappa shape index (κ3) is 6.05. The minimum Gasteiger partial charge on any atom is -0.378 e. The molecule has 1 heterocycles. The zero-order chi connectivity index (χ0) is 9.52. The third-order valence-corrected chi connectivity index (χ3v) is 2.41. The SMILES string of the molecule is CCCCCC(C)COCC1CO1. The molecule has 1 aliphatic heterocycles. The lowest BCUT2D eigenvalue weighted by Gasteiger charge is -2.10. The van der Waals surface area contributed by atoms with Gasteiger partial charge < -0.3 is 9.47 Å². The minimum atomic E-state index is 0.419. The van der Waals surface area contributed by atoms with Crippen molar-refractivity contribution in [2.75, 3.05) is 19.8 Å². The average Bonchev–Trinajstić information content (AvgIpc) is 2.89. The molecule has 1 fully saturated rings. The number of unbranched alkanes of at least 4 members (excludes halogenated alkanes) is 2. The van der Waals surface area contributed by atoms with Crippen molar-refractivity contribution in [2.24, 2.45) is 5.92 Å². The molecule has 2 heteroatoms. The van der Waals surface area contributed by atoms with Gasteiger partial charge >= 0.3 is 0 Å². The highest BCUT2D eigenvalue weighted by molar-refractivity contribution is 4.67. The van der Waals surface area contributed by atoms with Gasteiger partial charge in [0.1, 0.15) is 6.10 Å². The fourth-order valence-corrected chi connectivity index (χ4v) is 1.39. The van der Waals surface area contributed by atoms with Crippen molar-refractivity contribution in [1.82, 2.24) is 0 Å². The zero-order valence-electron chi connectivity index (χ0n) is 8.92.